The molecule has 0 atom stereocenters. The van der Waals surface area contributed by atoms with Gasteiger partial charge >= 0.3 is 0 Å². The molecule has 0 saturated carbocycles. The van der Waals surface area contributed by atoms with Crippen LogP contribution in [0.15, 0.2) is 54.7 Å². The molecule has 7 rings (SSSR count). The zero-order chi connectivity index (χ0) is 20.0. The first kappa shape index (κ1) is 15.5. The quantitative estimate of drug-likeness (QED) is 0.392. The van der Waals surface area contributed by atoms with Gasteiger partial charge in [0.1, 0.15) is 22.2 Å². The fourth-order valence-corrected chi connectivity index (χ4v) is 4.49. The number of pyridine rings is 1. The fourth-order valence-electron chi connectivity index (χ4n) is 4.49. The number of benzene rings is 2. The number of H-pyrrole nitrogens is 1. The first-order valence-electron chi connectivity index (χ1n) is 9.52. The smallest absolute Gasteiger partial charge is 0.221 e. The summed E-state index contributed by atoms with van der Waals surface area (Å²) in [6.45, 7) is 0. The highest BCUT2D eigenvalue weighted by atomic mass is 15.2. The zero-order valence-corrected chi connectivity index (χ0v) is 15.6. The Morgan fingerprint density at radius 1 is 0.800 bits per heavy atom. The highest BCUT2D eigenvalue weighted by Crippen LogP contribution is 2.40. The second kappa shape index (κ2) is 5.12. The van der Waals surface area contributed by atoms with Crippen molar-refractivity contribution in [3.63, 3.8) is 0 Å². The van der Waals surface area contributed by atoms with E-state index in [9.17, 15) is 0 Å². The maximum atomic E-state index is 6.44. The number of nitrogen functional groups attached to an aromatic ring is 2. The van der Waals surface area contributed by atoms with Gasteiger partial charge < -0.3 is 16.5 Å². The first-order valence-corrected chi connectivity index (χ1v) is 9.52. The van der Waals surface area contributed by atoms with Crippen LogP contribution in [0.1, 0.15) is 0 Å². The minimum absolute atomic E-state index is 0.217. The SMILES string of the molecule is Nc1nc2c(n1)c1c(-c3c[nH]c4ccccc34)nc(N)n1c1nc3ccccc3c21. The van der Waals surface area contributed by atoms with Crippen LogP contribution in [0.5, 0.6) is 0 Å². The minimum Gasteiger partial charge on any atom is -0.369 e. The summed E-state index contributed by atoms with van der Waals surface area (Å²) in [4.78, 5) is 22.0. The van der Waals surface area contributed by atoms with Gasteiger partial charge in [-0.15, -0.1) is 0 Å². The van der Waals surface area contributed by atoms with Crippen molar-refractivity contribution < 1.29 is 0 Å². The Bertz CT molecular complexity index is 1780. The van der Waals surface area contributed by atoms with Crippen LogP contribution in [0.2, 0.25) is 0 Å². The Labute approximate surface area is 168 Å². The van der Waals surface area contributed by atoms with E-state index in [1.165, 1.54) is 0 Å². The van der Waals surface area contributed by atoms with E-state index in [-0.39, 0.29) is 5.95 Å². The molecule has 0 saturated heterocycles. The Hall–Kier alpha value is -4.46. The molecule has 5 heterocycles. The van der Waals surface area contributed by atoms with E-state index in [0.29, 0.717) is 22.6 Å². The third-order valence-electron chi connectivity index (χ3n) is 5.72. The molecule has 30 heavy (non-hydrogen) atoms. The van der Waals surface area contributed by atoms with Crippen molar-refractivity contribution in [1.29, 1.82) is 0 Å². The molecular weight excluding hydrogens is 376 g/mol. The summed E-state index contributed by atoms with van der Waals surface area (Å²) in [5.74, 6) is 0.566. The van der Waals surface area contributed by atoms with Crippen molar-refractivity contribution in [1.82, 2.24) is 29.3 Å². The van der Waals surface area contributed by atoms with Gasteiger partial charge in [0.05, 0.1) is 10.9 Å². The van der Waals surface area contributed by atoms with E-state index >= 15 is 0 Å². The third kappa shape index (κ3) is 1.76. The predicted octanol–water partition coefficient (Wildman–Crippen LogP) is 3.73. The topological polar surface area (TPSA) is 124 Å². The molecule has 7 aromatic rings. The van der Waals surface area contributed by atoms with E-state index < -0.39 is 0 Å². The number of anilines is 2. The second-order valence-electron chi connectivity index (χ2n) is 7.36. The van der Waals surface area contributed by atoms with Crippen molar-refractivity contribution >= 4 is 61.3 Å². The van der Waals surface area contributed by atoms with Gasteiger partial charge in [0, 0.05) is 28.0 Å². The van der Waals surface area contributed by atoms with E-state index in [0.717, 1.165) is 44.0 Å². The molecule has 0 bridgehead atoms. The number of nitrogens with zero attached hydrogens (tertiary/aromatic N) is 5. The molecule has 0 fully saturated rings. The van der Waals surface area contributed by atoms with Crippen LogP contribution in [0.4, 0.5) is 11.9 Å². The van der Waals surface area contributed by atoms with Crippen LogP contribution < -0.4 is 11.5 Å². The molecule has 8 heteroatoms. The van der Waals surface area contributed by atoms with Crippen molar-refractivity contribution in [2.75, 3.05) is 11.5 Å². The monoisotopic (exact) mass is 390 g/mol. The molecule has 0 aliphatic heterocycles. The number of rotatable bonds is 1. The van der Waals surface area contributed by atoms with Gasteiger partial charge in [-0.3, -0.25) is 4.40 Å². The van der Waals surface area contributed by atoms with Gasteiger partial charge in [0.2, 0.25) is 11.9 Å². The van der Waals surface area contributed by atoms with Gasteiger partial charge in [0.15, 0.2) is 5.65 Å². The van der Waals surface area contributed by atoms with E-state index in [1.807, 2.05) is 53.1 Å². The van der Waals surface area contributed by atoms with Crippen LogP contribution >= 0.6 is 0 Å². The number of nitrogens with one attached hydrogen (secondary N) is 1. The van der Waals surface area contributed by atoms with Gasteiger partial charge in [-0.25, -0.2) is 19.9 Å². The molecule has 0 unspecified atom stereocenters. The summed E-state index contributed by atoms with van der Waals surface area (Å²) in [6.07, 6.45) is 1.94. The molecule has 0 amide bonds. The van der Waals surface area contributed by atoms with Crippen LogP contribution in [0.3, 0.4) is 0 Å². The number of hydrogen-bond acceptors (Lipinski definition) is 6. The predicted molar refractivity (Wildman–Crippen MR) is 118 cm³/mol. The Kier molecular flexibility index (Phi) is 2.64. The van der Waals surface area contributed by atoms with Crippen LogP contribution in [0, 0.1) is 0 Å². The number of hydrogen-bond donors (Lipinski definition) is 3. The maximum Gasteiger partial charge on any atom is 0.221 e. The number of para-hydroxylation sites is 2. The lowest BCUT2D eigenvalue weighted by atomic mass is 10.1. The highest BCUT2D eigenvalue weighted by Gasteiger charge is 2.25. The molecule has 0 radical (unpaired) electrons. The highest BCUT2D eigenvalue weighted by molar-refractivity contribution is 6.22. The van der Waals surface area contributed by atoms with Crippen molar-refractivity contribution in [2.24, 2.45) is 0 Å². The van der Waals surface area contributed by atoms with Crippen molar-refractivity contribution in [3.8, 4) is 11.3 Å². The summed E-state index contributed by atoms with van der Waals surface area (Å²) in [5.41, 5.74) is 18.9. The summed E-state index contributed by atoms with van der Waals surface area (Å²) < 4.78 is 1.86. The lowest BCUT2D eigenvalue weighted by molar-refractivity contribution is 1.20. The molecular formula is C22H14N8. The van der Waals surface area contributed by atoms with Gasteiger partial charge in [-0.2, -0.15) is 0 Å². The summed E-state index contributed by atoms with van der Waals surface area (Å²) >= 11 is 0. The van der Waals surface area contributed by atoms with Gasteiger partial charge in [-0.05, 0) is 12.1 Å². The van der Waals surface area contributed by atoms with E-state index in [2.05, 4.69) is 21.0 Å². The summed E-state index contributed by atoms with van der Waals surface area (Å²) in [7, 11) is 0. The molecule has 0 spiro atoms. The molecule has 5 N–H and O–H groups in total. The zero-order valence-electron chi connectivity index (χ0n) is 15.6. The van der Waals surface area contributed by atoms with Crippen LogP contribution in [-0.4, -0.2) is 29.3 Å². The van der Waals surface area contributed by atoms with Gasteiger partial charge in [0.25, 0.3) is 0 Å². The van der Waals surface area contributed by atoms with Crippen molar-refractivity contribution in [3.05, 3.63) is 54.7 Å². The minimum atomic E-state index is 0.217. The second-order valence-corrected chi connectivity index (χ2v) is 7.36. The average molecular weight is 390 g/mol. The number of fused-ring (bicyclic) bond motifs is 9. The molecule has 142 valence electrons. The number of aromatic nitrogens is 6. The molecule has 0 aliphatic carbocycles. The maximum absolute atomic E-state index is 6.44. The average Bonchev–Trinajstić information content (AvgIpc) is 3.49. The molecule has 0 aliphatic rings. The Morgan fingerprint density at radius 2 is 1.57 bits per heavy atom. The molecule has 5 aromatic heterocycles. The molecule has 2 aromatic carbocycles. The Morgan fingerprint density at radius 3 is 2.47 bits per heavy atom. The standard InChI is InChI=1S/C22H14N8/c23-21-27-17-15-11-6-2-4-8-14(11)26-20(15)30-19(18(17)28-21)16(29-22(30)24)12-9-25-13-7-3-1-5-10(12)13/h1-9,25H,(H2,23,27)(H2,24,29). The summed E-state index contributed by atoms with van der Waals surface area (Å²) in [6, 6.07) is 16.0. The van der Waals surface area contributed by atoms with Crippen LogP contribution in [-0.2, 0) is 0 Å². The van der Waals surface area contributed by atoms with Crippen molar-refractivity contribution in [2.45, 2.75) is 0 Å². The normalized spacial score (nSPS) is 12.3. The van der Waals surface area contributed by atoms with Gasteiger partial charge in [-0.1, -0.05) is 36.4 Å². The first-order chi connectivity index (χ1) is 14.7. The largest absolute Gasteiger partial charge is 0.369 e. The third-order valence-corrected chi connectivity index (χ3v) is 5.72. The lowest BCUT2D eigenvalue weighted by Crippen LogP contribution is -1.96. The summed E-state index contributed by atoms with van der Waals surface area (Å²) in [5, 5.41) is 2.92. The Balaban J connectivity index is 1.76. The fraction of sp³-hybridized carbons (Fsp3) is 0. The number of aromatic amines is 1. The van der Waals surface area contributed by atoms with E-state index in [1.54, 1.807) is 0 Å². The number of imidazole rings is 2. The molecule has 8 nitrogen and oxygen atoms in total. The lowest BCUT2D eigenvalue weighted by Gasteiger charge is -2.02. The van der Waals surface area contributed by atoms with Crippen LogP contribution in [0.25, 0.3) is 60.6 Å². The van der Waals surface area contributed by atoms with E-state index in [4.69, 9.17) is 21.4 Å². The number of nitrogens with two attached hydrogens (primary N) is 2.